The maximum atomic E-state index is 12.3. The average Bonchev–Trinajstić information content (AvgIpc) is 3.10. The molecule has 0 radical (unpaired) electrons. The Morgan fingerprint density at radius 3 is 2.91 bits per heavy atom. The summed E-state index contributed by atoms with van der Waals surface area (Å²) in [5, 5.41) is 14.6. The molecule has 0 saturated heterocycles. The smallest absolute Gasteiger partial charge is 0.255 e. The molecular weight excluding hydrogens is 312 g/mol. The first kappa shape index (κ1) is 17.4. The second-order valence-electron chi connectivity index (χ2n) is 5.43. The Hall–Kier alpha value is -1.92. The molecule has 1 aromatic heterocycles. The lowest BCUT2D eigenvalue weighted by molar-refractivity contribution is 0.0846. The summed E-state index contributed by atoms with van der Waals surface area (Å²) < 4.78 is 5.70. The maximum Gasteiger partial charge on any atom is 0.255 e. The van der Waals surface area contributed by atoms with Gasteiger partial charge in [-0.05, 0) is 18.1 Å². The Balaban J connectivity index is 1.97. The van der Waals surface area contributed by atoms with Gasteiger partial charge in [-0.2, -0.15) is 0 Å². The topological polar surface area (TPSA) is 71.5 Å². The van der Waals surface area contributed by atoms with Crippen LogP contribution in [0.1, 0.15) is 36.3 Å². The van der Waals surface area contributed by atoms with Crippen LogP contribution in [0.3, 0.4) is 0 Å². The summed E-state index contributed by atoms with van der Waals surface area (Å²) in [5.74, 6) is 0.406. The van der Waals surface area contributed by atoms with E-state index in [4.69, 9.17) is 4.74 Å². The van der Waals surface area contributed by atoms with Crippen LogP contribution in [0.15, 0.2) is 35.2 Å². The molecule has 0 bridgehead atoms. The first-order valence-corrected chi connectivity index (χ1v) is 8.61. The van der Waals surface area contributed by atoms with E-state index in [0.29, 0.717) is 17.9 Å². The predicted molar refractivity (Wildman–Crippen MR) is 90.7 cm³/mol. The van der Waals surface area contributed by atoms with Crippen LogP contribution in [-0.2, 0) is 6.61 Å². The van der Waals surface area contributed by atoms with Crippen LogP contribution in [0.4, 0.5) is 0 Å². The quantitative estimate of drug-likeness (QED) is 0.779. The number of aliphatic hydroxyl groups excluding tert-OH is 1. The second-order valence-corrected chi connectivity index (χ2v) is 6.15. The highest BCUT2D eigenvalue weighted by Gasteiger charge is 2.16. The summed E-state index contributed by atoms with van der Waals surface area (Å²) >= 11 is 1.50. The van der Waals surface area contributed by atoms with Crippen LogP contribution in [-0.4, -0.2) is 28.6 Å². The van der Waals surface area contributed by atoms with E-state index >= 15 is 0 Å². The molecule has 1 amide bonds. The zero-order chi connectivity index (χ0) is 16.7. The van der Waals surface area contributed by atoms with E-state index in [1.54, 1.807) is 23.7 Å². The van der Waals surface area contributed by atoms with Crippen molar-refractivity contribution in [2.45, 2.75) is 33.0 Å². The number of hydrogen-bond acceptors (Lipinski definition) is 5. The third-order valence-corrected chi connectivity index (χ3v) is 4.40. The van der Waals surface area contributed by atoms with Gasteiger partial charge in [0, 0.05) is 11.9 Å². The van der Waals surface area contributed by atoms with Gasteiger partial charge < -0.3 is 15.2 Å². The normalized spacial score (nSPS) is 13.3. The molecule has 6 heteroatoms. The number of rotatable bonds is 8. The van der Waals surface area contributed by atoms with Crippen molar-refractivity contribution in [3.63, 3.8) is 0 Å². The Morgan fingerprint density at radius 1 is 1.43 bits per heavy atom. The van der Waals surface area contributed by atoms with Crippen molar-refractivity contribution in [1.29, 1.82) is 0 Å². The van der Waals surface area contributed by atoms with E-state index in [2.05, 4.69) is 10.3 Å². The third-order valence-electron chi connectivity index (χ3n) is 3.76. The number of carbonyl (C=O) groups excluding carboxylic acids is 1. The number of hydrogen-bond donors (Lipinski definition) is 2. The minimum atomic E-state index is -0.549. The number of para-hydroxylation sites is 1. The highest BCUT2D eigenvalue weighted by Crippen LogP contribution is 2.19. The number of aromatic nitrogens is 1. The van der Waals surface area contributed by atoms with Crippen molar-refractivity contribution in [2.75, 3.05) is 6.54 Å². The molecule has 2 N–H and O–H groups in total. The Morgan fingerprint density at radius 2 is 2.22 bits per heavy atom. The van der Waals surface area contributed by atoms with Crippen molar-refractivity contribution >= 4 is 17.2 Å². The number of nitrogens with zero attached hydrogens (tertiary/aromatic N) is 1. The molecule has 0 aliphatic carbocycles. The van der Waals surface area contributed by atoms with E-state index in [-0.39, 0.29) is 18.4 Å². The zero-order valence-electron chi connectivity index (χ0n) is 13.4. The van der Waals surface area contributed by atoms with Crippen LogP contribution in [0.5, 0.6) is 5.75 Å². The highest BCUT2D eigenvalue weighted by molar-refractivity contribution is 7.07. The van der Waals surface area contributed by atoms with Crippen LogP contribution in [0.2, 0.25) is 0 Å². The maximum absolute atomic E-state index is 12.3. The van der Waals surface area contributed by atoms with Crippen molar-refractivity contribution in [3.05, 3.63) is 46.4 Å². The Bertz CT molecular complexity index is 616. The summed E-state index contributed by atoms with van der Waals surface area (Å²) in [7, 11) is 0. The van der Waals surface area contributed by atoms with Gasteiger partial charge in [-0.1, -0.05) is 32.4 Å². The standard InChI is InChI=1S/C17H22N2O3S/c1-3-12(2)15(20)8-18-17(21)14-6-4-5-7-16(14)22-9-13-10-23-11-19-13/h4-7,10-12,15,20H,3,8-9H2,1-2H3,(H,18,21). The third kappa shape index (κ3) is 5.04. The SMILES string of the molecule is CCC(C)C(O)CNC(=O)c1ccccc1OCc1cscn1. The van der Waals surface area contributed by atoms with E-state index in [9.17, 15) is 9.90 Å². The van der Waals surface area contributed by atoms with Crippen LogP contribution >= 0.6 is 11.3 Å². The first-order chi connectivity index (χ1) is 11.1. The molecule has 0 fully saturated rings. The van der Waals surface area contributed by atoms with Gasteiger partial charge in [0.1, 0.15) is 12.4 Å². The number of amides is 1. The summed E-state index contributed by atoms with van der Waals surface area (Å²) in [5.41, 5.74) is 3.03. The number of carbonyl (C=O) groups is 1. The molecule has 0 spiro atoms. The van der Waals surface area contributed by atoms with Gasteiger partial charge in [0.25, 0.3) is 5.91 Å². The fourth-order valence-corrected chi connectivity index (χ4v) is 2.55. The molecular formula is C17H22N2O3S. The fraction of sp³-hybridized carbons (Fsp3) is 0.412. The molecule has 2 unspecified atom stereocenters. The van der Waals surface area contributed by atoms with Gasteiger partial charge in [0.2, 0.25) is 0 Å². The van der Waals surface area contributed by atoms with Crippen LogP contribution in [0, 0.1) is 5.92 Å². The molecule has 0 aliphatic heterocycles. The Labute approximate surface area is 140 Å². The summed E-state index contributed by atoms with van der Waals surface area (Å²) in [4.78, 5) is 16.5. The number of thiazole rings is 1. The molecule has 124 valence electrons. The molecule has 1 heterocycles. The minimum Gasteiger partial charge on any atom is -0.486 e. The summed E-state index contributed by atoms with van der Waals surface area (Å²) in [6, 6.07) is 7.07. The van der Waals surface area contributed by atoms with Crippen molar-refractivity contribution < 1.29 is 14.6 Å². The van der Waals surface area contributed by atoms with E-state index in [1.165, 1.54) is 11.3 Å². The molecule has 5 nitrogen and oxygen atoms in total. The number of aliphatic hydroxyl groups is 1. The highest BCUT2D eigenvalue weighted by atomic mass is 32.1. The zero-order valence-corrected chi connectivity index (χ0v) is 14.2. The average molecular weight is 334 g/mol. The van der Waals surface area contributed by atoms with Gasteiger partial charge in [0.15, 0.2) is 0 Å². The van der Waals surface area contributed by atoms with E-state index in [0.717, 1.165) is 12.1 Å². The molecule has 0 aliphatic rings. The monoisotopic (exact) mass is 334 g/mol. The number of ether oxygens (including phenoxy) is 1. The number of benzene rings is 1. The molecule has 0 saturated carbocycles. The molecule has 1 aromatic carbocycles. The van der Waals surface area contributed by atoms with Gasteiger partial charge in [-0.25, -0.2) is 4.98 Å². The fourth-order valence-electron chi connectivity index (χ4n) is 2.01. The van der Waals surface area contributed by atoms with E-state index < -0.39 is 6.10 Å². The lowest BCUT2D eigenvalue weighted by Crippen LogP contribution is -2.35. The first-order valence-electron chi connectivity index (χ1n) is 7.67. The van der Waals surface area contributed by atoms with Crippen molar-refractivity contribution in [3.8, 4) is 5.75 Å². The van der Waals surface area contributed by atoms with E-state index in [1.807, 2.05) is 25.3 Å². The number of nitrogens with one attached hydrogen (secondary N) is 1. The summed E-state index contributed by atoms with van der Waals surface area (Å²) in [6.07, 6.45) is 0.316. The lowest BCUT2D eigenvalue weighted by atomic mass is 10.0. The molecule has 2 atom stereocenters. The molecule has 2 aromatic rings. The van der Waals surface area contributed by atoms with Gasteiger partial charge >= 0.3 is 0 Å². The minimum absolute atomic E-state index is 0.145. The van der Waals surface area contributed by atoms with Crippen LogP contribution < -0.4 is 10.1 Å². The molecule has 2 rings (SSSR count). The lowest BCUT2D eigenvalue weighted by Gasteiger charge is -2.18. The Kier molecular flexibility index (Phi) is 6.55. The van der Waals surface area contributed by atoms with Crippen LogP contribution in [0.25, 0.3) is 0 Å². The van der Waals surface area contributed by atoms with Crippen molar-refractivity contribution in [1.82, 2.24) is 10.3 Å². The predicted octanol–water partition coefficient (Wildman–Crippen LogP) is 2.86. The largest absolute Gasteiger partial charge is 0.486 e. The van der Waals surface area contributed by atoms with Gasteiger partial charge in [0.05, 0.1) is 22.9 Å². The second kappa shape index (κ2) is 8.64. The van der Waals surface area contributed by atoms with Gasteiger partial charge in [-0.15, -0.1) is 11.3 Å². The summed E-state index contributed by atoms with van der Waals surface area (Å²) in [6.45, 7) is 4.52. The molecule has 23 heavy (non-hydrogen) atoms. The van der Waals surface area contributed by atoms with Gasteiger partial charge in [-0.3, -0.25) is 4.79 Å². The van der Waals surface area contributed by atoms with Crippen molar-refractivity contribution in [2.24, 2.45) is 5.92 Å².